The van der Waals surface area contributed by atoms with Crippen LogP contribution in [0.25, 0.3) is 0 Å². The first-order valence-electron chi connectivity index (χ1n) is 4.87. The van der Waals surface area contributed by atoms with Crippen molar-refractivity contribution in [3.8, 4) is 11.8 Å². The second-order valence-electron chi connectivity index (χ2n) is 3.59. The predicted molar refractivity (Wildman–Crippen MR) is 57.2 cm³/mol. The fourth-order valence-electron chi connectivity index (χ4n) is 1.01. The first-order chi connectivity index (χ1) is 6.20. The van der Waals surface area contributed by atoms with Crippen LogP contribution in [0.15, 0.2) is 12.2 Å². The minimum absolute atomic E-state index is 0.233. The van der Waals surface area contributed by atoms with Crippen molar-refractivity contribution < 1.29 is 5.11 Å². The van der Waals surface area contributed by atoms with Crippen molar-refractivity contribution >= 4 is 0 Å². The Kier molecular flexibility index (Phi) is 7.44. The molecule has 0 saturated heterocycles. The Morgan fingerprint density at radius 3 is 2.54 bits per heavy atom. The summed E-state index contributed by atoms with van der Waals surface area (Å²) in [6.07, 6.45) is 6.05. The summed E-state index contributed by atoms with van der Waals surface area (Å²) in [5, 5.41) is 9.02. The molecule has 0 heterocycles. The molecule has 1 atom stereocenters. The van der Waals surface area contributed by atoms with Crippen LogP contribution in [0.2, 0.25) is 0 Å². The molecule has 0 aromatic carbocycles. The number of hydrogen-bond acceptors (Lipinski definition) is 1. The van der Waals surface area contributed by atoms with E-state index in [0.29, 0.717) is 11.8 Å². The van der Waals surface area contributed by atoms with Crippen LogP contribution in [-0.4, -0.2) is 11.7 Å². The van der Waals surface area contributed by atoms with E-state index in [4.69, 9.17) is 5.11 Å². The predicted octanol–water partition coefficient (Wildman–Crippen LogP) is 2.61. The summed E-state index contributed by atoms with van der Waals surface area (Å²) in [4.78, 5) is 0. The van der Waals surface area contributed by atoms with Crippen molar-refractivity contribution in [2.75, 3.05) is 6.61 Å². The summed E-state index contributed by atoms with van der Waals surface area (Å²) in [5.74, 6) is 6.74. The SMILES string of the molecule is CC#CC[C@H](CO)C/C=C/C(C)C. The molecule has 1 heteroatoms. The van der Waals surface area contributed by atoms with Gasteiger partial charge in [0.05, 0.1) is 0 Å². The Labute approximate surface area is 81.9 Å². The van der Waals surface area contributed by atoms with E-state index >= 15 is 0 Å². The van der Waals surface area contributed by atoms with E-state index in [1.54, 1.807) is 0 Å². The van der Waals surface area contributed by atoms with Gasteiger partial charge in [0.15, 0.2) is 0 Å². The highest BCUT2D eigenvalue weighted by Gasteiger charge is 2.02. The van der Waals surface area contributed by atoms with Crippen molar-refractivity contribution in [1.29, 1.82) is 0 Å². The van der Waals surface area contributed by atoms with Gasteiger partial charge >= 0.3 is 0 Å². The van der Waals surface area contributed by atoms with Gasteiger partial charge in [-0.15, -0.1) is 11.8 Å². The zero-order valence-corrected chi connectivity index (χ0v) is 8.88. The third-order valence-corrected chi connectivity index (χ3v) is 1.82. The van der Waals surface area contributed by atoms with Gasteiger partial charge in [0.25, 0.3) is 0 Å². The van der Waals surface area contributed by atoms with E-state index in [0.717, 1.165) is 12.8 Å². The Bertz CT molecular complexity index is 193. The molecule has 0 rings (SSSR count). The van der Waals surface area contributed by atoms with Gasteiger partial charge in [0, 0.05) is 13.0 Å². The number of aliphatic hydroxyl groups is 1. The third kappa shape index (κ3) is 7.62. The molecule has 74 valence electrons. The van der Waals surface area contributed by atoms with Crippen molar-refractivity contribution in [1.82, 2.24) is 0 Å². The quantitative estimate of drug-likeness (QED) is 0.509. The van der Waals surface area contributed by atoms with E-state index < -0.39 is 0 Å². The molecule has 0 aliphatic heterocycles. The molecule has 13 heavy (non-hydrogen) atoms. The molecule has 0 saturated carbocycles. The maximum absolute atomic E-state index is 9.02. The molecule has 0 spiro atoms. The lowest BCUT2D eigenvalue weighted by Crippen LogP contribution is -2.03. The van der Waals surface area contributed by atoms with E-state index in [2.05, 4.69) is 37.8 Å². The highest BCUT2D eigenvalue weighted by Crippen LogP contribution is 2.08. The van der Waals surface area contributed by atoms with Gasteiger partial charge in [-0.2, -0.15) is 0 Å². The van der Waals surface area contributed by atoms with Gasteiger partial charge in [-0.25, -0.2) is 0 Å². The highest BCUT2D eigenvalue weighted by atomic mass is 16.3. The van der Waals surface area contributed by atoms with Crippen LogP contribution in [-0.2, 0) is 0 Å². The van der Waals surface area contributed by atoms with Crippen LogP contribution in [0, 0.1) is 23.7 Å². The third-order valence-electron chi connectivity index (χ3n) is 1.82. The topological polar surface area (TPSA) is 20.2 Å². The lowest BCUT2D eigenvalue weighted by atomic mass is 10.0. The van der Waals surface area contributed by atoms with Crippen LogP contribution < -0.4 is 0 Å². The standard InChI is InChI=1S/C12H20O/c1-4-5-8-12(10-13)9-6-7-11(2)3/h6-7,11-13H,8-10H2,1-3H3/b7-6+/t12-/m0/s1. The van der Waals surface area contributed by atoms with E-state index in [1.165, 1.54) is 0 Å². The highest BCUT2D eigenvalue weighted by molar-refractivity contribution is 4.98. The fraction of sp³-hybridized carbons (Fsp3) is 0.667. The van der Waals surface area contributed by atoms with Crippen molar-refractivity contribution in [3.05, 3.63) is 12.2 Å². The fourth-order valence-corrected chi connectivity index (χ4v) is 1.01. The monoisotopic (exact) mass is 180 g/mol. The van der Waals surface area contributed by atoms with Crippen LogP contribution in [0.5, 0.6) is 0 Å². The zero-order valence-electron chi connectivity index (χ0n) is 8.88. The molecule has 1 nitrogen and oxygen atoms in total. The molecule has 0 aliphatic rings. The Hall–Kier alpha value is -0.740. The number of allylic oxidation sites excluding steroid dienone is 2. The Morgan fingerprint density at radius 2 is 2.08 bits per heavy atom. The Morgan fingerprint density at radius 1 is 1.38 bits per heavy atom. The maximum atomic E-state index is 9.02. The van der Waals surface area contributed by atoms with Crippen LogP contribution in [0.4, 0.5) is 0 Å². The van der Waals surface area contributed by atoms with Crippen molar-refractivity contribution in [2.45, 2.75) is 33.6 Å². The first kappa shape index (κ1) is 12.3. The lowest BCUT2D eigenvalue weighted by molar-refractivity contribution is 0.230. The second-order valence-corrected chi connectivity index (χ2v) is 3.59. The molecule has 0 aromatic rings. The van der Waals surface area contributed by atoms with Crippen molar-refractivity contribution in [3.63, 3.8) is 0 Å². The first-order valence-corrected chi connectivity index (χ1v) is 4.87. The molecule has 1 N–H and O–H groups in total. The lowest BCUT2D eigenvalue weighted by Gasteiger charge is -2.06. The smallest absolute Gasteiger partial charge is 0.0471 e. The minimum Gasteiger partial charge on any atom is -0.396 e. The molecule has 0 amide bonds. The molecule has 0 bridgehead atoms. The van der Waals surface area contributed by atoms with Crippen LogP contribution in [0.3, 0.4) is 0 Å². The summed E-state index contributed by atoms with van der Waals surface area (Å²) in [6, 6.07) is 0. The summed E-state index contributed by atoms with van der Waals surface area (Å²) >= 11 is 0. The summed E-state index contributed by atoms with van der Waals surface area (Å²) < 4.78 is 0. The molecule has 0 fully saturated rings. The molecule has 0 unspecified atom stereocenters. The average molecular weight is 180 g/mol. The van der Waals surface area contributed by atoms with E-state index in [9.17, 15) is 0 Å². The number of aliphatic hydroxyl groups excluding tert-OH is 1. The second kappa shape index (κ2) is 7.89. The van der Waals surface area contributed by atoms with Gasteiger partial charge in [-0.05, 0) is 25.2 Å². The summed E-state index contributed by atoms with van der Waals surface area (Å²) in [7, 11) is 0. The van der Waals surface area contributed by atoms with E-state index in [1.807, 2.05) is 6.92 Å². The summed E-state index contributed by atoms with van der Waals surface area (Å²) in [6.45, 7) is 6.36. The van der Waals surface area contributed by atoms with E-state index in [-0.39, 0.29) is 6.61 Å². The van der Waals surface area contributed by atoms with Gasteiger partial charge in [-0.1, -0.05) is 26.0 Å². The van der Waals surface area contributed by atoms with Gasteiger partial charge in [0.1, 0.15) is 0 Å². The summed E-state index contributed by atoms with van der Waals surface area (Å²) in [5.41, 5.74) is 0. The normalized spacial score (nSPS) is 13.0. The zero-order chi connectivity index (χ0) is 10.1. The molecule has 0 aromatic heterocycles. The molecular weight excluding hydrogens is 160 g/mol. The number of hydrogen-bond donors (Lipinski definition) is 1. The molecular formula is C12H20O. The maximum Gasteiger partial charge on any atom is 0.0471 e. The number of rotatable bonds is 5. The van der Waals surface area contributed by atoms with Crippen LogP contribution in [0.1, 0.15) is 33.6 Å². The largest absolute Gasteiger partial charge is 0.396 e. The Balaban J connectivity index is 3.75. The molecule has 0 aliphatic carbocycles. The van der Waals surface area contributed by atoms with Gasteiger partial charge in [0.2, 0.25) is 0 Å². The average Bonchev–Trinajstić information content (AvgIpc) is 2.10. The van der Waals surface area contributed by atoms with Gasteiger partial charge < -0.3 is 5.11 Å². The van der Waals surface area contributed by atoms with Crippen LogP contribution >= 0.6 is 0 Å². The van der Waals surface area contributed by atoms with Gasteiger partial charge in [-0.3, -0.25) is 0 Å². The molecule has 0 radical (unpaired) electrons. The van der Waals surface area contributed by atoms with Crippen molar-refractivity contribution in [2.24, 2.45) is 11.8 Å². The minimum atomic E-state index is 0.233.